The Morgan fingerprint density at radius 2 is 1.95 bits per heavy atom. The van der Waals surface area contributed by atoms with E-state index in [9.17, 15) is 4.79 Å². The fraction of sp³-hybridized carbons (Fsp3) is 0.250. The van der Waals surface area contributed by atoms with E-state index in [0.29, 0.717) is 35.7 Å². The Balaban J connectivity index is 2.27. The number of hydrogen-bond donors (Lipinski definition) is 0. The van der Waals surface area contributed by atoms with Gasteiger partial charge in [0.2, 0.25) is 0 Å². The van der Waals surface area contributed by atoms with Crippen LogP contribution in [0.5, 0.6) is 0 Å². The van der Waals surface area contributed by atoms with Crippen LogP contribution in [0.25, 0.3) is 22.2 Å². The number of rotatable bonds is 4. The van der Waals surface area contributed by atoms with Crippen LogP contribution in [0.1, 0.15) is 12.2 Å². The summed E-state index contributed by atoms with van der Waals surface area (Å²) in [6.07, 6.45) is 0.698. The first kappa shape index (κ1) is 13.9. The molecule has 0 amide bonds. The van der Waals surface area contributed by atoms with Crippen molar-refractivity contribution in [3.63, 3.8) is 0 Å². The van der Waals surface area contributed by atoms with Crippen molar-refractivity contribution in [2.24, 2.45) is 0 Å². The van der Waals surface area contributed by atoms with Gasteiger partial charge in [0.15, 0.2) is 5.76 Å². The van der Waals surface area contributed by atoms with Crippen molar-refractivity contribution in [1.82, 2.24) is 9.78 Å². The number of fused-ring (bicyclic) bond motifs is 1. The fourth-order valence-electron chi connectivity index (χ4n) is 2.34. The molecule has 0 radical (unpaired) electrons. The molecule has 0 aliphatic heterocycles. The zero-order valence-corrected chi connectivity index (χ0v) is 12.4. The summed E-state index contributed by atoms with van der Waals surface area (Å²) in [4.78, 5) is 12.4. The molecule has 108 valence electrons. The van der Waals surface area contributed by atoms with Crippen molar-refractivity contribution in [2.75, 3.05) is 5.88 Å². The van der Waals surface area contributed by atoms with Crippen LogP contribution in [0.4, 0.5) is 0 Å². The first-order valence-corrected chi connectivity index (χ1v) is 7.37. The molecule has 2 heterocycles. The molecule has 0 N–H and O–H groups in total. The van der Waals surface area contributed by atoms with Gasteiger partial charge in [-0.05, 0) is 31.5 Å². The molecule has 0 aliphatic rings. The van der Waals surface area contributed by atoms with Crippen molar-refractivity contribution in [1.29, 1.82) is 0 Å². The highest BCUT2D eigenvalue weighted by Gasteiger charge is 2.14. The summed E-state index contributed by atoms with van der Waals surface area (Å²) in [5.41, 5.74) is 0.593. The largest absolute Gasteiger partial charge is 0.460 e. The minimum atomic E-state index is -0.0947. The number of hydrogen-bond acceptors (Lipinski definition) is 3. The SMILES string of the molecule is Cc1ccc(-c2nn(CCCCl)c(=O)c3ccccc23)o1. The highest BCUT2D eigenvalue weighted by molar-refractivity contribution is 6.17. The van der Waals surface area contributed by atoms with Crippen LogP contribution in [0.3, 0.4) is 0 Å². The second-order valence-corrected chi connectivity index (χ2v) is 5.25. The topological polar surface area (TPSA) is 48.0 Å². The van der Waals surface area contributed by atoms with Gasteiger partial charge < -0.3 is 4.42 Å². The second-order valence-electron chi connectivity index (χ2n) is 4.88. The fourth-order valence-corrected chi connectivity index (χ4v) is 2.46. The van der Waals surface area contributed by atoms with Gasteiger partial charge in [-0.15, -0.1) is 11.6 Å². The Hall–Kier alpha value is -2.07. The Labute approximate surface area is 127 Å². The number of halogens is 1. The molecule has 0 saturated carbocycles. The third-order valence-electron chi connectivity index (χ3n) is 3.35. The third kappa shape index (κ3) is 2.59. The molecule has 1 aromatic carbocycles. The smallest absolute Gasteiger partial charge is 0.274 e. The monoisotopic (exact) mass is 302 g/mol. The molecule has 3 aromatic rings. The van der Waals surface area contributed by atoms with E-state index in [-0.39, 0.29) is 5.56 Å². The van der Waals surface area contributed by atoms with Crippen molar-refractivity contribution < 1.29 is 4.42 Å². The minimum absolute atomic E-state index is 0.0947. The molecular weight excluding hydrogens is 288 g/mol. The van der Waals surface area contributed by atoms with Crippen LogP contribution < -0.4 is 5.56 Å². The third-order valence-corrected chi connectivity index (χ3v) is 3.61. The molecule has 2 aromatic heterocycles. The van der Waals surface area contributed by atoms with Crippen LogP contribution in [-0.2, 0) is 6.54 Å². The number of alkyl halides is 1. The van der Waals surface area contributed by atoms with Crippen molar-refractivity contribution in [3.05, 3.63) is 52.5 Å². The molecule has 5 heteroatoms. The van der Waals surface area contributed by atoms with E-state index in [0.717, 1.165) is 11.1 Å². The van der Waals surface area contributed by atoms with Gasteiger partial charge in [0.05, 0.1) is 5.39 Å². The number of furan rings is 1. The van der Waals surface area contributed by atoms with E-state index in [1.807, 2.05) is 43.3 Å². The van der Waals surface area contributed by atoms with E-state index in [1.165, 1.54) is 4.68 Å². The Morgan fingerprint density at radius 3 is 2.62 bits per heavy atom. The van der Waals surface area contributed by atoms with E-state index in [1.54, 1.807) is 0 Å². The zero-order chi connectivity index (χ0) is 14.8. The number of aryl methyl sites for hydroxylation is 2. The van der Waals surface area contributed by atoms with Gasteiger partial charge in [0, 0.05) is 17.8 Å². The lowest BCUT2D eigenvalue weighted by atomic mass is 10.1. The summed E-state index contributed by atoms with van der Waals surface area (Å²) in [5.74, 6) is 1.98. The highest BCUT2D eigenvalue weighted by atomic mass is 35.5. The highest BCUT2D eigenvalue weighted by Crippen LogP contribution is 2.26. The maximum Gasteiger partial charge on any atom is 0.274 e. The summed E-state index contributed by atoms with van der Waals surface area (Å²) in [7, 11) is 0. The average Bonchev–Trinajstić information content (AvgIpc) is 2.93. The lowest BCUT2D eigenvalue weighted by molar-refractivity contribution is 0.535. The Bertz CT molecular complexity index is 836. The molecule has 0 aliphatic carbocycles. The maximum absolute atomic E-state index is 12.4. The van der Waals surface area contributed by atoms with Gasteiger partial charge in [0.25, 0.3) is 5.56 Å². The number of benzene rings is 1. The molecule has 0 bridgehead atoms. The molecule has 0 saturated heterocycles. The van der Waals surface area contributed by atoms with Gasteiger partial charge in [0.1, 0.15) is 11.5 Å². The van der Waals surface area contributed by atoms with Gasteiger partial charge in [-0.25, -0.2) is 4.68 Å². The quantitative estimate of drug-likeness (QED) is 0.692. The molecule has 0 atom stereocenters. The summed E-state index contributed by atoms with van der Waals surface area (Å²) in [6, 6.07) is 11.2. The Kier molecular flexibility index (Phi) is 3.80. The predicted molar refractivity (Wildman–Crippen MR) is 83.8 cm³/mol. The van der Waals surface area contributed by atoms with Crippen LogP contribution in [-0.4, -0.2) is 15.7 Å². The van der Waals surface area contributed by atoms with E-state index in [2.05, 4.69) is 5.10 Å². The number of nitrogens with zero attached hydrogens (tertiary/aromatic N) is 2. The molecule has 0 spiro atoms. The molecule has 3 rings (SSSR count). The summed E-state index contributed by atoms with van der Waals surface area (Å²) in [6.45, 7) is 2.38. The van der Waals surface area contributed by atoms with Gasteiger partial charge >= 0.3 is 0 Å². The van der Waals surface area contributed by atoms with E-state index < -0.39 is 0 Å². The van der Waals surface area contributed by atoms with Crippen molar-refractivity contribution >= 4 is 22.4 Å². The molecule has 21 heavy (non-hydrogen) atoms. The average molecular weight is 303 g/mol. The first-order valence-electron chi connectivity index (χ1n) is 6.83. The standard InChI is InChI=1S/C16H15ClN2O2/c1-11-7-8-14(21-11)15-12-5-2-3-6-13(12)16(20)19(18-15)10-4-9-17/h2-3,5-8H,4,9-10H2,1H3. The van der Waals surface area contributed by atoms with E-state index in [4.69, 9.17) is 16.0 Å². The minimum Gasteiger partial charge on any atom is -0.460 e. The summed E-state index contributed by atoms with van der Waals surface area (Å²) < 4.78 is 7.14. The van der Waals surface area contributed by atoms with Crippen molar-refractivity contribution in [3.8, 4) is 11.5 Å². The van der Waals surface area contributed by atoms with Crippen LogP contribution in [0.15, 0.2) is 45.6 Å². The van der Waals surface area contributed by atoms with Crippen molar-refractivity contribution in [2.45, 2.75) is 19.9 Å². The van der Waals surface area contributed by atoms with Gasteiger partial charge in [-0.2, -0.15) is 5.10 Å². The van der Waals surface area contributed by atoms with Gasteiger partial charge in [-0.1, -0.05) is 18.2 Å². The maximum atomic E-state index is 12.4. The molecule has 0 unspecified atom stereocenters. The zero-order valence-electron chi connectivity index (χ0n) is 11.7. The predicted octanol–water partition coefficient (Wildman–Crippen LogP) is 3.59. The number of aromatic nitrogens is 2. The lowest BCUT2D eigenvalue weighted by Crippen LogP contribution is -2.24. The van der Waals surface area contributed by atoms with Gasteiger partial charge in [-0.3, -0.25) is 4.79 Å². The molecular formula is C16H15ClN2O2. The Morgan fingerprint density at radius 1 is 1.19 bits per heavy atom. The first-order chi connectivity index (χ1) is 10.2. The lowest BCUT2D eigenvalue weighted by Gasteiger charge is -2.09. The van der Waals surface area contributed by atoms with Crippen LogP contribution in [0, 0.1) is 6.92 Å². The second kappa shape index (κ2) is 5.74. The van der Waals surface area contributed by atoms with Crippen LogP contribution in [0.2, 0.25) is 0 Å². The van der Waals surface area contributed by atoms with E-state index >= 15 is 0 Å². The normalized spacial score (nSPS) is 11.1. The summed E-state index contributed by atoms with van der Waals surface area (Å²) in [5, 5.41) is 5.92. The summed E-state index contributed by atoms with van der Waals surface area (Å²) >= 11 is 5.72. The molecule has 4 nitrogen and oxygen atoms in total. The van der Waals surface area contributed by atoms with Crippen LogP contribution >= 0.6 is 11.6 Å². The molecule has 0 fully saturated rings.